The predicted molar refractivity (Wildman–Crippen MR) is 93.3 cm³/mol. The van der Waals surface area contributed by atoms with Crippen LogP contribution in [-0.2, 0) is 9.59 Å². The third-order valence-electron chi connectivity index (χ3n) is 4.35. The molecule has 1 atom stereocenters. The zero-order chi connectivity index (χ0) is 19.7. The molecule has 2 amide bonds. The van der Waals surface area contributed by atoms with Crippen molar-refractivity contribution in [2.45, 2.75) is 13.3 Å². The number of aryl methyl sites for hydroxylation is 1. The lowest BCUT2D eigenvalue weighted by molar-refractivity contribution is -0.385. The number of nitro benzene ring substituents is 1. The average Bonchev–Trinajstić information content (AvgIpc) is 2.97. The Kier molecular flexibility index (Phi) is 4.85. The molecule has 27 heavy (non-hydrogen) atoms. The third kappa shape index (κ3) is 3.76. The van der Waals surface area contributed by atoms with Crippen molar-refractivity contribution in [1.82, 2.24) is 0 Å². The Labute approximate surface area is 152 Å². The van der Waals surface area contributed by atoms with Crippen LogP contribution in [-0.4, -0.2) is 23.3 Å². The van der Waals surface area contributed by atoms with Crippen LogP contribution in [0.15, 0.2) is 36.4 Å². The summed E-state index contributed by atoms with van der Waals surface area (Å²) in [5.74, 6) is -3.90. The molecule has 1 unspecified atom stereocenters. The first-order valence-corrected chi connectivity index (χ1v) is 8.09. The van der Waals surface area contributed by atoms with Gasteiger partial charge >= 0.3 is 0 Å². The van der Waals surface area contributed by atoms with Crippen LogP contribution in [0.3, 0.4) is 0 Å². The Balaban J connectivity index is 1.76. The van der Waals surface area contributed by atoms with Gasteiger partial charge in [-0.2, -0.15) is 0 Å². The van der Waals surface area contributed by atoms with E-state index in [2.05, 4.69) is 5.32 Å². The fourth-order valence-corrected chi connectivity index (χ4v) is 2.99. The normalized spacial score (nSPS) is 16.5. The number of carbonyl (C=O) groups is 2. The summed E-state index contributed by atoms with van der Waals surface area (Å²) < 4.78 is 26.8. The van der Waals surface area contributed by atoms with Crippen LogP contribution in [0.4, 0.5) is 25.8 Å². The molecule has 7 nitrogen and oxygen atoms in total. The van der Waals surface area contributed by atoms with Crippen LogP contribution >= 0.6 is 0 Å². The van der Waals surface area contributed by atoms with Gasteiger partial charge in [0.25, 0.3) is 5.69 Å². The molecule has 0 radical (unpaired) electrons. The van der Waals surface area contributed by atoms with Gasteiger partial charge in [0.2, 0.25) is 11.8 Å². The van der Waals surface area contributed by atoms with E-state index < -0.39 is 34.3 Å². The molecule has 0 saturated carbocycles. The maximum atomic E-state index is 13.4. The van der Waals surface area contributed by atoms with Crippen molar-refractivity contribution >= 4 is 28.9 Å². The molecular weight excluding hydrogens is 360 g/mol. The summed E-state index contributed by atoms with van der Waals surface area (Å²) in [6.07, 6.45) is 0.163. The number of carbonyl (C=O) groups excluding carboxylic acids is 2. The van der Waals surface area contributed by atoms with Gasteiger partial charge in [-0.15, -0.1) is 0 Å². The Morgan fingerprint density at radius 1 is 1.22 bits per heavy atom. The molecular formula is C18H15F2N3O4. The number of nitrogens with one attached hydrogen (secondary N) is 1. The second kappa shape index (κ2) is 7.10. The summed E-state index contributed by atoms with van der Waals surface area (Å²) in [4.78, 5) is 36.5. The number of amides is 2. The first-order valence-electron chi connectivity index (χ1n) is 8.09. The minimum Gasteiger partial charge on any atom is -0.325 e. The van der Waals surface area contributed by atoms with Crippen molar-refractivity contribution in [2.75, 3.05) is 16.8 Å². The number of rotatable bonds is 4. The third-order valence-corrected chi connectivity index (χ3v) is 4.35. The molecule has 1 saturated heterocycles. The quantitative estimate of drug-likeness (QED) is 0.505. The average molecular weight is 375 g/mol. The molecule has 1 N–H and O–H groups in total. The molecule has 1 aliphatic heterocycles. The summed E-state index contributed by atoms with van der Waals surface area (Å²) in [7, 11) is 0. The SMILES string of the molecule is Cc1ccc(NC(=O)C2CCN(c3cc(F)cc(F)c3)C2=O)cc1[N+](=O)[O-]. The lowest BCUT2D eigenvalue weighted by Gasteiger charge is -2.17. The molecule has 0 spiro atoms. The van der Waals surface area contributed by atoms with Crippen molar-refractivity contribution in [3.8, 4) is 0 Å². The van der Waals surface area contributed by atoms with Gasteiger partial charge in [0.1, 0.15) is 17.6 Å². The summed E-state index contributed by atoms with van der Waals surface area (Å²) in [6, 6.07) is 6.94. The van der Waals surface area contributed by atoms with Gasteiger partial charge in [-0.25, -0.2) is 8.78 Å². The summed E-state index contributed by atoms with van der Waals surface area (Å²) in [5, 5.41) is 13.5. The van der Waals surface area contributed by atoms with E-state index in [0.717, 1.165) is 17.0 Å². The van der Waals surface area contributed by atoms with E-state index in [9.17, 15) is 28.5 Å². The molecule has 1 aliphatic rings. The summed E-state index contributed by atoms with van der Waals surface area (Å²) in [5.41, 5.74) is 0.524. The highest BCUT2D eigenvalue weighted by Crippen LogP contribution is 2.28. The monoisotopic (exact) mass is 375 g/mol. The molecule has 1 fully saturated rings. The van der Waals surface area contributed by atoms with Crippen LogP contribution in [0.2, 0.25) is 0 Å². The lowest BCUT2D eigenvalue weighted by atomic mass is 10.1. The number of nitro groups is 1. The zero-order valence-corrected chi connectivity index (χ0v) is 14.2. The van der Waals surface area contributed by atoms with Crippen molar-refractivity contribution < 1.29 is 23.3 Å². The van der Waals surface area contributed by atoms with E-state index >= 15 is 0 Å². The van der Waals surface area contributed by atoms with Crippen LogP contribution in [0.5, 0.6) is 0 Å². The van der Waals surface area contributed by atoms with E-state index in [4.69, 9.17) is 0 Å². The van der Waals surface area contributed by atoms with Crippen LogP contribution in [0.1, 0.15) is 12.0 Å². The highest BCUT2D eigenvalue weighted by Gasteiger charge is 2.38. The van der Waals surface area contributed by atoms with Crippen LogP contribution in [0.25, 0.3) is 0 Å². The van der Waals surface area contributed by atoms with Gasteiger partial charge in [-0.05, 0) is 31.5 Å². The van der Waals surface area contributed by atoms with Gasteiger partial charge in [-0.3, -0.25) is 19.7 Å². The van der Waals surface area contributed by atoms with Crippen molar-refractivity contribution in [2.24, 2.45) is 5.92 Å². The number of halogens is 2. The zero-order valence-electron chi connectivity index (χ0n) is 14.2. The van der Waals surface area contributed by atoms with Gasteiger partial charge in [-0.1, -0.05) is 6.07 Å². The lowest BCUT2D eigenvalue weighted by Crippen LogP contribution is -2.33. The van der Waals surface area contributed by atoms with E-state index in [1.807, 2.05) is 0 Å². The fourth-order valence-electron chi connectivity index (χ4n) is 2.99. The maximum absolute atomic E-state index is 13.4. The molecule has 2 aromatic carbocycles. The van der Waals surface area contributed by atoms with E-state index in [1.165, 1.54) is 18.2 Å². The van der Waals surface area contributed by atoms with E-state index in [-0.39, 0.29) is 30.0 Å². The second-order valence-corrected chi connectivity index (χ2v) is 6.21. The smallest absolute Gasteiger partial charge is 0.274 e. The Bertz CT molecular complexity index is 928. The molecule has 1 heterocycles. The summed E-state index contributed by atoms with van der Waals surface area (Å²) in [6.45, 7) is 1.70. The van der Waals surface area contributed by atoms with E-state index in [0.29, 0.717) is 11.6 Å². The van der Waals surface area contributed by atoms with E-state index in [1.54, 1.807) is 6.92 Å². The Morgan fingerprint density at radius 3 is 2.52 bits per heavy atom. The van der Waals surface area contributed by atoms with Gasteiger partial charge in [0.05, 0.1) is 4.92 Å². The minimum atomic E-state index is -1.04. The van der Waals surface area contributed by atoms with Gasteiger partial charge < -0.3 is 10.2 Å². The molecule has 140 valence electrons. The highest BCUT2D eigenvalue weighted by atomic mass is 19.1. The molecule has 0 aromatic heterocycles. The number of anilines is 2. The number of benzene rings is 2. The topological polar surface area (TPSA) is 92.6 Å². The molecule has 0 bridgehead atoms. The summed E-state index contributed by atoms with van der Waals surface area (Å²) >= 11 is 0. The molecule has 3 rings (SSSR count). The predicted octanol–water partition coefficient (Wildman–Crippen LogP) is 3.17. The van der Waals surface area contributed by atoms with Crippen molar-refractivity contribution in [1.29, 1.82) is 0 Å². The molecule has 9 heteroatoms. The fraction of sp³-hybridized carbons (Fsp3) is 0.222. The standard InChI is InChI=1S/C18H15F2N3O4/c1-10-2-3-13(9-16(10)23(26)27)21-17(24)15-4-5-22(18(15)25)14-7-11(19)6-12(20)8-14/h2-3,6-9,15H,4-5H2,1H3,(H,21,24). The Morgan fingerprint density at radius 2 is 1.89 bits per heavy atom. The molecule has 2 aromatic rings. The van der Waals surface area contributed by atoms with Gasteiger partial charge in [0.15, 0.2) is 0 Å². The maximum Gasteiger partial charge on any atom is 0.274 e. The van der Waals surface area contributed by atoms with Gasteiger partial charge in [0, 0.05) is 35.6 Å². The Hall–Kier alpha value is -3.36. The number of hydrogen-bond donors (Lipinski definition) is 1. The first-order chi connectivity index (χ1) is 12.8. The van der Waals surface area contributed by atoms with Crippen LogP contribution < -0.4 is 10.2 Å². The second-order valence-electron chi connectivity index (χ2n) is 6.21. The minimum absolute atomic E-state index is 0.0405. The molecule has 0 aliphatic carbocycles. The van der Waals surface area contributed by atoms with Crippen molar-refractivity contribution in [3.63, 3.8) is 0 Å². The number of nitrogens with zero attached hydrogens (tertiary/aromatic N) is 2. The van der Waals surface area contributed by atoms with Crippen molar-refractivity contribution in [3.05, 3.63) is 63.7 Å². The number of hydrogen-bond acceptors (Lipinski definition) is 4. The first kappa shape index (κ1) is 18.4. The highest BCUT2D eigenvalue weighted by molar-refractivity contribution is 6.13. The van der Waals surface area contributed by atoms with Crippen LogP contribution in [0, 0.1) is 34.6 Å². The largest absolute Gasteiger partial charge is 0.325 e.